The van der Waals surface area contributed by atoms with Crippen LogP contribution in [-0.4, -0.2) is 30.9 Å². The Balaban J connectivity index is 1.72. The number of benzene rings is 1. The van der Waals surface area contributed by atoms with E-state index in [1.165, 1.54) is 17.7 Å². The Morgan fingerprint density at radius 1 is 1.33 bits per heavy atom. The molecule has 1 saturated heterocycles. The fourth-order valence-electron chi connectivity index (χ4n) is 3.68. The summed E-state index contributed by atoms with van der Waals surface area (Å²) in [6.07, 6.45) is 2.36. The number of nitrogens with two attached hydrogens (primary N) is 1. The Kier molecular flexibility index (Phi) is 5.66. The van der Waals surface area contributed by atoms with Gasteiger partial charge in [-0.05, 0) is 49.4 Å². The summed E-state index contributed by atoms with van der Waals surface area (Å²) >= 11 is 1.81. The Morgan fingerprint density at radius 2 is 2.12 bits per heavy atom. The van der Waals surface area contributed by atoms with Crippen LogP contribution in [0.15, 0.2) is 47.8 Å². The van der Waals surface area contributed by atoms with Crippen molar-refractivity contribution in [3.63, 3.8) is 0 Å². The van der Waals surface area contributed by atoms with Gasteiger partial charge in [0.1, 0.15) is 6.04 Å². The highest BCUT2D eigenvalue weighted by atomic mass is 32.1. The fourth-order valence-corrected chi connectivity index (χ4v) is 4.66. The van der Waals surface area contributed by atoms with Gasteiger partial charge in [0.05, 0.1) is 0 Å². The third-order valence-electron chi connectivity index (χ3n) is 4.84. The molecule has 24 heavy (non-hydrogen) atoms. The van der Waals surface area contributed by atoms with E-state index in [4.69, 9.17) is 5.73 Å². The van der Waals surface area contributed by atoms with E-state index in [9.17, 15) is 4.79 Å². The van der Waals surface area contributed by atoms with Gasteiger partial charge in [0.15, 0.2) is 0 Å². The van der Waals surface area contributed by atoms with Crippen LogP contribution in [0.1, 0.15) is 35.4 Å². The molecule has 128 valence electrons. The molecule has 1 aromatic heterocycles. The SMILES string of the molecule is CN1CCC[C@H](CN[C@@H](C(N)=O)c2ccccc2)[C@@H]1c1cccs1. The minimum atomic E-state index is -0.428. The monoisotopic (exact) mass is 343 g/mol. The van der Waals surface area contributed by atoms with Gasteiger partial charge in [0.25, 0.3) is 0 Å². The van der Waals surface area contributed by atoms with E-state index in [1.54, 1.807) is 0 Å². The lowest BCUT2D eigenvalue weighted by Gasteiger charge is -2.39. The highest BCUT2D eigenvalue weighted by molar-refractivity contribution is 7.10. The average Bonchev–Trinajstić information content (AvgIpc) is 3.10. The first-order valence-electron chi connectivity index (χ1n) is 8.48. The molecule has 0 aliphatic carbocycles. The maximum absolute atomic E-state index is 11.9. The Morgan fingerprint density at radius 3 is 2.79 bits per heavy atom. The van der Waals surface area contributed by atoms with E-state index in [1.807, 2.05) is 41.7 Å². The predicted octanol–water partition coefficient (Wildman–Crippen LogP) is 2.95. The van der Waals surface area contributed by atoms with Crippen molar-refractivity contribution < 1.29 is 4.79 Å². The Hall–Kier alpha value is -1.69. The molecule has 0 unspecified atom stereocenters. The molecule has 3 atom stereocenters. The number of primary amides is 1. The van der Waals surface area contributed by atoms with Gasteiger partial charge in [0.2, 0.25) is 5.91 Å². The second kappa shape index (κ2) is 7.92. The lowest BCUT2D eigenvalue weighted by atomic mass is 9.88. The van der Waals surface area contributed by atoms with Gasteiger partial charge in [-0.25, -0.2) is 0 Å². The van der Waals surface area contributed by atoms with Gasteiger partial charge in [-0.3, -0.25) is 9.69 Å². The smallest absolute Gasteiger partial charge is 0.239 e. The molecule has 1 aromatic carbocycles. The van der Waals surface area contributed by atoms with E-state index < -0.39 is 6.04 Å². The second-order valence-electron chi connectivity index (χ2n) is 6.50. The molecular weight excluding hydrogens is 318 g/mol. The van der Waals surface area contributed by atoms with Crippen molar-refractivity contribution >= 4 is 17.2 Å². The van der Waals surface area contributed by atoms with Crippen molar-refractivity contribution in [3.05, 3.63) is 58.3 Å². The lowest BCUT2D eigenvalue weighted by molar-refractivity contribution is -0.120. The molecule has 1 fully saturated rings. The summed E-state index contributed by atoms with van der Waals surface area (Å²) in [5.41, 5.74) is 6.56. The van der Waals surface area contributed by atoms with Crippen LogP contribution < -0.4 is 11.1 Å². The minimum Gasteiger partial charge on any atom is -0.368 e. The fraction of sp³-hybridized carbons (Fsp3) is 0.421. The van der Waals surface area contributed by atoms with Crippen molar-refractivity contribution in [3.8, 4) is 0 Å². The Labute approximate surface area is 147 Å². The van der Waals surface area contributed by atoms with Crippen LogP contribution in [0.5, 0.6) is 0 Å². The molecule has 0 saturated carbocycles. The van der Waals surface area contributed by atoms with E-state index in [2.05, 4.69) is 34.8 Å². The van der Waals surface area contributed by atoms with Crippen LogP contribution in [0.2, 0.25) is 0 Å². The third kappa shape index (κ3) is 3.86. The van der Waals surface area contributed by atoms with Crippen molar-refractivity contribution in [2.75, 3.05) is 20.1 Å². The molecule has 1 amide bonds. The number of likely N-dealkylation sites (tertiary alicyclic amines) is 1. The van der Waals surface area contributed by atoms with Crippen LogP contribution >= 0.6 is 11.3 Å². The van der Waals surface area contributed by atoms with Crippen molar-refractivity contribution in [2.45, 2.75) is 24.9 Å². The molecule has 0 radical (unpaired) electrons. The number of amides is 1. The molecule has 3 N–H and O–H groups in total. The maximum Gasteiger partial charge on any atom is 0.239 e. The van der Waals surface area contributed by atoms with Crippen LogP contribution in [0.3, 0.4) is 0 Å². The summed E-state index contributed by atoms with van der Waals surface area (Å²) in [6.45, 7) is 1.91. The zero-order valence-electron chi connectivity index (χ0n) is 14.0. The quantitative estimate of drug-likeness (QED) is 0.848. The molecule has 5 heteroatoms. The van der Waals surface area contributed by atoms with Crippen molar-refractivity contribution in [1.29, 1.82) is 0 Å². The summed E-state index contributed by atoms with van der Waals surface area (Å²) < 4.78 is 0. The average molecular weight is 343 g/mol. The number of nitrogens with one attached hydrogen (secondary N) is 1. The number of piperidine rings is 1. The number of rotatable bonds is 6. The van der Waals surface area contributed by atoms with Crippen LogP contribution in [0, 0.1) is 5.92 Å². The van der Waals surface area contributed by atoms with Gasteiger partial charge < -0.3 is 11.1 Å². The van der Waals surface area contributed by atoms with Crippen molar-refractivity contribution in [2.24, 2.45) is 11.7 Å². The molecule has 4 nitrogen and oxygen atoms in total. The van der Waals surface area contributed by atoms with E-state index >= 15 is 0 Å². The minimum absolute atomic E-state index is 0.321. The van der Waals surface area contributed by atoms with E-state index in [0.717, 1.165) is 18.7 Å². The van der Waals surface area contributed by atoms with Crippen LogP contribution in [0.25, 0.3) is 0 Å². The number of hydrogen-bond donors (Lipinski definition) is 2. The molecule has 3 rings (SSSR count). The van der Waals surface area contributed by atoms with Crippen molar-refractivity contribution in [1.82, 2.24) is 10.2 Å². The topological polar surface area (TPSA) is 58.4 Å². The number of carbonyl (C=O) groups is 1. The summed E-state index contributed by atoms with van der Waals surface area (Å²) in [4.78, 5) is 15.7. The number of nitrogens with zero attached hydrogens (tertiary/aromatic N) is 1. The highest BCUT2D eigenvalue weighted by Crippen LogP contribution is 2.37. The molecule has 1 aliphatic heterocycles. The first-order valence-corrected chi connectivity index (χ1v) is 9.36. The van der Waals surface area contributed by atoms with E-state index in [0.29, 0.717) is 12.0 Å². The van der Waals surface area contributed by atoms with Gasteiger partial charge in [-0.2, -0.15) is 0 Å². The first-order chi connectivity index (χ1) is 11.7. The second-order valence-corrected chi connectivity index (χ2v) is 7.48. The summed E-state index contributed by atoms with van der Waals surface area (Å²) in [7, 11) is 2.19. The lowest BCUT2D eigenvalue weighted by Crippen LogP contribution is -2.43. The van der Waals surface area contributed by atoms with Crippen LogP contribution in [0.4, 0.5) is 0 Å². The number of thiophene rings is 1. The molecule has 0 spiro atoms. The number of carbonyl (C=O) groups excluding carboxylic acids is 1. The summed E-state index contributed by atoms with van der Waals surface area (Å²) in [5, 5.41) is 5.56. The highest BCUT2D eigenvalue weighted by Gasteiger charge is 2.32. The normalized spacial score (nSPS) is 23.0. The predicted molar refractivity (Wildman–Crippen MR) is 98.8 cm³/mol. The zero-order chi connectivity index (χ0) is 16.9. The standard InChI is InChI=1S/C19H25N3OS/c1-22-11-5-9-15(18(22)16-10-6-12-24-16)13-21-17(19(20)23)14-7-3-2-4-8-14/h2-4,6-8,10,12,15,17-18,21H,5,9,11,13H2,1H3,(H2,20,23)/t15-,17-,18-/m1/s1. The summed E-state index contributed by atoms with van der Waals surface area (Å²) in [6, 6.07) is 14.0. The molecule has 2 aromatic rings. The van der Waals surface area contributed by atoms with Gasteiger partial charge >= 0.3 is 0 Å². The summed E-state index contributed by atoms with van der Waals surface area (Å²) in [5.74, 6) is 0.158. The molecule has 2 heterocycles. The Bertz CT molecular complexity index is 644. The maximum atomic E-state index is 11.9. The molecule has 0 bridgehead atoms. The molecular formula is C19H25N3OS. The van der Waals surface area contributed by atoms with E-state index in [-0.39, 0.29) is 5.91 Å². The zero-order valence-corrected chi connectivity index (χ0v) is 14.8. The molecule has 1 aliphatic rings. The van der Waals surface area contributed by atoms with Gasteiger partial charge in [-0.15, -0.1) is 11.3 Å². The van der Waals surface area contributed by atoms with Gasteiger partial charge in [0, 0.05) is 17.5 Å². The number of hydrogen-bond acceptors (Lipinski definition) is 4. The van der Waals surface area contributed by atoms with Crippen LogP contribution in [-0.2, 0) is 4.79 Å². The largest absolute Gasteiger partial charge is 0.368 e. The first kappa shape index (κ1) is 17.1. The third-order valence-corrected chi connectivity index (χ3v) is 5.79. The van der Waals surface area contributed by atoms with Gasteiger partial charge in [-0.1, -0.05) is 36.4 Å².